The number of nitrogens with zero attached hydrogens (tertiary/aromatic N) is 3. The van der Waals surface area contributed by atoms with Gasteiger partial charge in [-0.25, -0.2) is 18.3 Å². The van der Waals surface area contributed by atoms with E-state index in [2.05, 4.69) is 10.4 Å². The number of benzene rings is 1. The highest BCUT2D eigenvalue weighted by molar-refractivity contribution is 5.88. The monoisotopic (exact) mass is 322 g/mol. The van der Waals surface area contributed by atoms with E-state index in [0.29, 0.717) is 5.82 Å². The lowest BCUT2D eigenvalue weighted by atomic mass is 10.2. The molecule has 7 heteroatoms. The summed E-state index contributed by atoms with van der Waals surface area (Å²) in [6.07, 6.45) is -1.04. The molecule has 2 rings (SSSR count). The molecule has 0 aliphatic heterocycles. The van der Waals surface area contributed by atoms with Crippen molar-refractivity contribution in [1.82, 2.24) is 14.7 Å². The maximum Gasteiger partial charge on any atom is 0.323 e. The molecule has 23 heavy (non-hydrogen) atoms. The number of amides is 2. The summed E-state index contributed by atoms with van der Waals surface area (Å²) in [5, 5.41) is 6.76. The highest BCUT2D eigenvalue weighted by atomic mass is 19.3. The summed E-state index contributed by atoms with van der Waals surface area (Å²) in [6.45, 7) is 3.33. The zero-order valence-corrected chi connectivity index (χ0v) is 13.1. The predicted molar refractivity (Wildman–Crippen MR) is 84.5 cm³/mol. The van der Waals surface area contributed by atoms with Gasteiger partial charge in [-0.15, -0.1) is 0 Å². The van der Waals surface area contributed by atoms with Crippen LogP contribution in [0.25, 0.3) is 0 Å². The van der Waals surface area contributed by atoms with E-state index in [4.69, 9.17) is 0 Å². The molecule has 124 valence electrons. The molecule has 0 saturated heterocycles. The quantitative estimate of drug-likeness (QED) is 0.880. The second-order valence-electron chi connectivity index (χ2n) is 5.44. The molecule has 0 spiro atoms. The van der Waals surface area contributed by atoms with Crippen molar-refractivity contribution in [3.05, 3.63) is 48.2 Å². The Morgan fingerprint density at radius 2 is 1.96 bits per heavy atom. The molecule has 0 aliphatic rings. The van der Waals surface area contributed by atoms with Crippen LogP contribution in [0, 0.1) is 0 Å². The Morgan fingerprint density at radius 1 is 1.26 bits per heavy atom. The van der Waals surface area contributed by atoms with Crippen LogP contribution in [-0.4, -0.2) is 33.7 Å². The molecule has 0 saturated carbocycles. The minimum atomic E-state index is -2.60. The molecule has 5 nitrogen and oxygen atoms in total. The van der Waals surface area contributed by atoms with Gasteiger partial charge in [-0.05, 0) is 19.4 Å². The molecule has 1 heterocycles. The Morgan fingerprint density at radius 3 is 2.57 bits per heavy atom. The average molecular weight is 322 g/mol. The molecule has 0 radical (unpaired) electrons. The Hall–Kier alpha value is -2.44. The number of alkyl halides is 2. The maximum absolute atomic E-state index is 12.8. The lowest BCUT2D eigenvalue weighted by molar-refractivity contribution is 0.0996. The first-order valence-corrected chi connectivity index (χ1v) is 7.39. The lowest BCUT2D eigenvalue weighted by Gasteiger charge is -2.23. The van der Waals surface area contributed by atoms with Gasteiger partial charge in [0, 0.05) is 18.7 Å². The number of carbonyl (C=O) groups is 1. The maximum atomic E-state index is 12.8. The minimum absolute atomic E-state index is 0.0537. The topological polar surface area (TPSA) is 50.2 Å². The first-order valence-electron chi connectivity index (χ1n) is 7.39. The number of anilines is 1. The SMILES string of the molecule is CC(C)n1nccc1NC(=O)N(Cc1ccccc1)CC(F)F. The zero-order valence-electron chi connectivity index (χ0n) is 13.1. The predicted octanol–water partition coefficient (Wildman–Crippen LogP) is 3.76. The van der Waals surface area contributed by atoms with Crippen molar-refractivity contribution < 1.29 is 13.6 Å². The molecule has 0 unspecified atom stereocenters. The van der Waals surface area contributed by atoms with Gasteiger partial charge < -0.3 is 4.90 Å². The number of hydrogen-bond donors (Lipinski definition) is 1. The summed E-state index contributed by atoms with van der Waals surface area (Å²) in [4.78, 5) is 13.5. The number of halogens is 2. The molecule has 0 bridgehead atoms. The van der Waals surface area contributed by atoms with Crippen molar-refractivity contribution in [2.24, 2.45) is 0 Å². The van der Waals surface area contributed by atoms with Crippen LogP contribution in [0.5, 0.6) is 0 Å². The largest absolute Gasteiger partial charge is 0.323 e. The first-order chi connectivity index (χ1) is 11.0. The van der Waals surface area contributed by atoms with Gasteiger partial charge >= 0.3 is 6.03 Å². The normalized spacial score (nSPS) is 11.0. The highest BCUT2D eigenvalue weighted by Gasteiger charge is 2.20. The molecule has 0 fully saturated rings. The summed E-state index contributed by atoms with van der Waals surface area (Å²) >= 11 is 0. The standard InChI is InChI=1S/C16H20F2N4O/c1-12(2)22-15(8-9-19-22)20-16(23)21(11-14(17)18)10-13-6-4-3-5-7-13/h3-9,12,14H,10-11H2,1-2H3,(H,20,23). The third kappa shape index (κ3) is 4.77. The van der Waals surface area contributed by atoms with Gasteiger partial charge in [0.2, 0.25) is 0 Å². The molecule has 2 aromatic rings. The van der Waals surface area contributed by atoms with Gasteiger partial charge in [0.1, 0.15) is 5.82 Å². The van der Waals surface area contributed by atoms with Crippen LogP contribution in [0.15, 0.2) is 42.6 Å². The fourth-order valence-corrected chi connectivity index (χ4v) is 2.20. The number of urea groups is 1. The smallest absolute Gasteiger partial charge is 0.314 e. The Labute approximate surface area is 133 Å². The van der Waals surface area contributed by atoms with Crippen molar-refractivity contribution in [1.29, 1.82) is 0 Å². The fourth-order valence-electron chi connectivity index (χ4n) is 2.20. The van der Waals surface area contributed by atoms with Crippen LogP contribution in [0.1, 0.15) is 25.5 Å². The van der Waals surface area contributed by atoms with Crippen molar-refractivity contribution in [2.75, 3.05) is 11.9 Å². The van der Waals surface area contributed by atoms with Gasteiger partial charge in [-0.1, -0.05) is 30.3 Å². The second kappa shape index (κ2) is 7.71. The third-order valence-electron chi connectivity index (χ3n) is 3.26. The Kier molecular flexibility index (Phi) is 5.67. The number of aromatic nitrogens is 2. The van der Waals surface area contributed by atoms with Crippen LogP contribution < -0.4 is 5.32 Å². The molecule has 0 atom stereocenters. The summed E-state index contributed by atoms with van der Waals surface area (Å²) in [5.41, 5.74) is 0.792. The minimum Gasteiger partial charge on any atom is -0.314 e. The molecule has 1 aromatic heterocycles. The average Bonchev–Trinajstić information content (AvgIpc) is 2.95. The second-order valence-corrected chi connectivity index (χ2v) is 5.44. The van der Waals surface area contributed by atoms with Crippen LogP contribution in [0.2, 0.25) is 0 Å². The number of rotatable bonds is 6. The summed E-state index contributed by atoms with van der Waals surface area (Å²) in [6, 6.07) is 10.2. The van der Waals surface area contributed by atoms with E-state index >= 15 is 0 Å². The van der Waals surface area contributed by atoms with Crippen molar-refractivity contribution >= 4 is 11.8 Å². The van der Waals surface area contributed by atoms with Gasteiger partial charge in [0.05, 0.1) is 12.7 Å². The van der Waals surface area contributed by atoms with Gasteiger partial charge in [0.25, 0.3) is 6.43 Å². The van der Waals surface area contributed by atoms with Crippen molar-refractivity contribution in [3.8, 4) is 0 Å². The molecular formula is C16H20F2N4O. The lowest BCUT2D eigenvalue weighted by Crippen LogP contribution is -2.38. The van der Waals surface area contributed by atoms with Gasteiger partial charge in [-0.3, -0.25) is 5.32 Å². The van der Waals surface area contributed by atoms with Crippen molar-refractivity contribution in [3.63, 3.8) is 0 Å². The zero-order chi connectivity index (χ0) is 16.8. The first kappa shape index (κ1) is 16.9. The van der Waals surface area contributed by atoms with E-state index in [1.165, 1.54) is 0 Å². The van der Waals surface area contributed by atoms with Crippen LogP contribution in [0.4, 0.5) is 19.4 Å². The highest BCUT2D eigenvalue weighted by Crippen LogP contribution is 2.15. The fraction of sp³-hybridized carbons (Fsp3) is 0.375. The van der Waals surface area contributed by atoms with Gasteiger partial charge in [0.15, 0.2) is 0 Å². The third-order valence-corrected chi connectivity index (χ3v) is 3.26. The summed E-state index contributed by atoms with van der Waals surface area (Å²) < 4.78 is 27.2. The summed E-state index contributed by atoms with van der Waals surface area (Å²) in [7, 11) is 0. The summed E-state index contributed by atoms with van der Waals surface area (Å²) in [5.74, 6) is 0.484. The van der Waals surface area contributed by atoms with E-state index in [1.807, 2.05) is 32.0 Å². The van der Waals surface area contributed by atoms with E-state index in [9.17, 15) is 13.6 Å². The molecule has 2 amide bonds. The number of hydrogen-bond acceptors (Lipinski definition) is 2. The Bertz CT molecular complexity index is 628. The van der Waals surface area contributed by atoms with E-state index in [-0.39, 0.29) is 12.6 Å². The number of nitrogens with one attached hydrogen (secondary N) is 1. The number of carbonyl (C=O) groups excluding carboxylic acids is 1. The molecule has 0 aliphatic carbocycles. The van der Waals surface area contributed by atoms with Crippen LogP contribution >= 0.6 is 0 Å². The molecular weight excluding hydrogens is 302 g/mol. The van der Waals surface area contributed by atoms with E-state index in [1.54, 1.807) is 29.1 Å². The van der Waals surface area contributed by atoms with E-state index in [0.717, 1.165) is 10.5 Å². The van der Waals surface area contributed by atoms with E-state index < -0.39 is 19.0 Å². The van der Waals surface area contributed by atoms with Crippen LogP contribution in [-0.2, 0) is 6.54 Å². The molecule has 1 aromatic carbocycles. The van der Waals surface area contributed by atoms with Crippen LogP contribution in [0.3, 0.4) is 0 Å². The molecule has 1 N–H and O–H groups in total. The Balaban J connectivity index is 2.11. The van der Waals surface area contributed by atoms with Crippen molar-refractivity contribution in [2.45, 2.75) is 32.9 Å². The van der Waals surface area contributed by atoms with Gasteiger partial charge in [-0.2, -0.15) is 5.10 Å².